The molecule has 0 unspecified atom stereocenters. The molecular weight excluding hydrogens is 188 g/mol. The van der Waals surface area contributed by atoms with E-state index in [1.807, 2.05) is 0 Å². The van der Waals surface area contributed by atoms with Crippen molar-refractivity contribution in [3.8, 4) is 0 Å². The van der Waals surface area contributed by atoms with E-state index in [-0.39, 0.29) is 6.61 Å². The van der Waals surface area contributed by atoms with Crippen LogP contribution in [0.15, 0.2) is 24.3 Å². The van der Waals surface area contributed by atoms with Gasteiger partial charge >= 0.3 is 0 Å². The summed E-state index contributed by atoms with van der Waals surface area (Å²) >= 11 is 5.78. The highest BCUT2D eigenvalue weighted by Gasteiger charge is 1.97. The number of carbonyl (C=O) groups is 1. The lowest BCUT2D eigenvalue weighted by atomic mass is 10.1. The standard InChI is InChI=1S/C10H9ClO2/c11-10-6-8(2-1-5-12)3-4-9(10)7-13/h1-4,6-7,12H,5H2. The minimum Gasteiger partial charge on any atom is -0.392 e. The van der Waals surface area contributed by atoms with E-state index in [2.05, 4.69) is 0 Å². The monoisotopic (exact) mass is 196 g/mol. The number of rotatable bonds is 3. The summed E-state index contributed by atoms with van der Waals surface area (Å²) in [5, 5.41) is 8.95. The van der Waals surface area contributed by atoms with Crippen LogP contribution in [0.25, 0.3) is 6.08 Å². The minimum atomic E-state index is -0.00689. The first-order chi connectivity index (χ1) is 6.27. The topological polar surface area (TPSA) is 37.3 Å². The van der Waals surface area contributed by atoms with Gasteiger partial charge in [0.2, 0.25) is 0 Å². The van der Waals surface area contributed by atoms with Gasteiger partial charge in [0.25, 0.3) is 0 Å². The molecular formula is C10H9ClO2. The average molecular weight is 197 g/mol. The van der Waals surface area contributed by atoms with Crippen LogP contribution in [0, 0.1) is 0 Å². The Labute approximate surface area is 81.5 Å². The van der Waals surface area contributed by atoms with Gasteiger partial charge in [-0.15, -0.1) is 0 Å². The first-order valence-electron chi connectivity index (χ1n) is 3.80. The highest BCUT2D eigenvalue weighted by Crippen LogP contribution is 2.16. The SMILES string of the molecule is O=Cc1ccc(C=CCO)cc1Cl. The van der Waals surface area contributed by atoms with Crippen molar-refractivity contribution in [2.45, 2.75) is 0 Å². The number of aliphatic hydroxyl groups is 1. The molecule has 68 valence electrons. The molecule has 2 nitrogen and oxygen atoms in total. The van der Waals surface area contributed by atoms with Crippen LogP contribution in [-0.2, 0) is 0 Å². The molecule has 1 N–H and O–H groups in total. The number of aldehydes is 1. The number of hydrogen-bond acceptors (Lipinski definition) is 2. The molecule has 0 aliphatic rings. The maximum absolute atomic E-state index is 10.4. The van der Waals surface area contributed by atoms with E-state index in [4.69, 9.17) is 16.7 Å². The smallest absolute Gasteiger partial charge is 0.151 e. The Kier molecular flexibility index (Phi) is 3.68. The molecule has 13 heavy (non-hydrogen) atoms. The zero-order chi connectivity index (χ0) is 9.68. The summed E-state index contributed by atoms with van der Waals surface area (Å²) in [5.74, 6) is 0. The van der Waals surface area contributed by atoms with Gasteiger partial charge in [-0.3, -0.25) is 4.79 Å². The molecule has 0 saturated heterocycles. The van der Waals surface area contributed by atoms with Gasteiger partial charge in [0.1, 0.15) is 0 Å². The molecule has 3 heteroatoms. The normalized spacial score (nSPS) is 10.6. The molecule has 0 bridgehead atoms. The van der Waals surface area contributed by atoms with Gasteiger partial charge in [0, 0.05) is 5.56 Å². The van der Waals surface area contributed by atoms with Gasteiger partial charge in [-0.05, 0) is 17.7 Å². The molecule has 0 spiro atoms. The summed E-state index contributed by atoms with van der Waals surface area (Å²) in [5.41, 5.74) is 1.34. The molecule has 0 atom stereocenters. The Morgan fingerprint density at radius 2 is 2.23 bits per heavy atom. The first-order valence-corrected chi connectivity index (χ1v) is 4.18. The van der Waals surface area contributed by atoms with Crippen LogP contribution < -0.4 is 0 Å². The summed E-state index contributed by atoms with van der Waals surface area (Å²) in [7, 11) is 0. The summed E-state index contributed by atoms with van der Waals surface area (Å²) in [6, 6.07) is 5.09. The lowest BCUT2D eigenvalue weighted by molar-refractivity contribution is 0.112. The lowest BCUT2D eigenvalue weighted by Crippen LogP contribution is -1.82. The average Bonchev–Trinajstić information content (AvgIpc) is 2.15. The van der Waals surface area contributed by atoms with Crippen LogP contribution >= 0.6 is 11.6 Å². The van der Waals surface area contributed by atoms with Crippen LogP contribution in [0.2, 0.25) is 5.02 Å². The van der Waals surface area contributed by atoms with Gasteiger partial charge in [0.05, 0.1) is 11.6 Å². The highest BCUT2D eigenvalue weighted by atomic mass is 35.5. The Bertz CT molecular complexity index is 332. The van der Waals surface area contributed by atoms with Crippen LogP contribution in [0.1, 0.15) is 15.9 Å². The van der Waals surface area contributed by atoms with E-state index in [1.54, 1.807) is 30.4 Å². The Morgan fingerprint density at radius 3 is 2.77 bits per heavy atom. The number of hydrogen-bond donors (Lipinski definition) is 1. The van der Waals surface area contributed by atoms with Crippen molar-refractivity contribution in [3.63, 3.8) is 0 Å². The van der Waals surface area contributed by atoms with Crippen molar-refractivity contribution in [1.82, 2.24) is 0 Å². The van der Waals surface area contributed by atoms with E-state index in [0.717, 1.165) is 5.56 Å². The zero-order valence-electron chi connectivity index (χ0n) is 6.90. The predicted molar refractivity (Wildman–Crippen MR) is 53.0 cm³/mol. The van der Waals surface area contributed by atoms with Gasteiger partial charge < -0.3 is 5.11 Å². The second kappa shape index (κ2) is 4.80. The number of carbonyl (C=O) groups excluding carboxylic acids is 1. The summed E-state index contributed by atoms with van der Waals surface area (Å²) in [6.07, 6.45) is 4.05. The quantitative estimate of drug-likeness (QED) is 0.753. The number of halogens is 1. The summed E-state index contributed by atoms with van der Waals surface area (Å²) in [4.78, 5) is 10.4. The van der Waals surface area contributed by atoms with Gasteiger partial charge in [-0.2, -0.15) is 0 Å². The largest absolute Gasteiger partial charge is 0.392 e. The highest BCUT2D eigenvalue weighted by molar-refractivity contribution is 6.33. The molecule has 0 aromatic heterocycles. The van der Waals surface area contributed by atoms with Crippen molar-refractivity contribution < 1.29 is 9.90 Å². The van der Waals surface area contributed by atoms with Gasteiger partial charge in [-0.25, -0.2) is 0 Å². The van der Waals surface area contributed by atoms with Crippen LogP contribution in [0.3, 0.4) is 0 Å². The second-order valence-corrected chi connectivity index (χ2v) is 2.89. The fraction of sp³-hybridized carbons (Fsp3) is 0.100. The molecule has 0 aliphatic heterocycles. The fourth-order valence-electron chi connectivity index (χ4n) is 0.931. The van der Waals surface area contributed by atoms with Gasteiger partial charge in [0.15, 0.2) is 6.29 Å². The Morgan fingerprint density at radius 1 is 1.46 bits per heavy atom. The molecule has 0 amide bonds. The summed E-state index contributed by atoms with van der Waals surface area (Å²) in [6.45, 7) is -0.00689. The van der Waals surface area contributed by atoms with Crippen LogP contribution in [-0.4, -0.2) is 18.0 Å². The lowest BCUT2D eigenvalue weighted by Gasteiger charge is -1.97. The molecule has 0 fully saturated rings. The molecule has 0 saturated carbocycles. The third-order valence-electron chi connectivity index (χ3n) is 1.57. The summed E-state index contributed by atoms with van der Waals surface area (Å²) < 4.78 is 0. The van der Waals surface area contributed by atoms with Crippen molar-refractivity contribution in [1.29, 1.82) is 0 Å². The zero-order valence-corrected chi connectivity index (χ0v) is 7.66. The van der Waals surface area contributed by atoms with Crippen molar-refractivity contribution in [3.05, 3.63) is 40.4 Å². The maximum Gasteiger partial charge on any atom is 0.151 e. The second-order valence-electron chi connectivity index (χ2n) is 2.48. The van der Waals surface area contributed by atoms with Crippen molar-refractivity contribution in [2.24, 2.45) is 0 Å². The van der Waals surface area contributed by atoms with Gasteiger partial charge in [-0.1, -0.05) is 29.8 Å². The first kappa shape index (κ1) is 9.96. The Hall–Kier alpha value is -1.12. The fourth-order valence-corrected chi connectivity index (χ4v) is 1.16. The van der Waals surface area contributed by atoms with E-state index in [1.165, 1.54) is 0 Å². The maximum atomic E-state index is 10.4. The van der Waals surface area contributed by atoms with Crippen LogP contribution in [0.5, 0.6) is 0 Å². The van der Waals surface area contributed by atoms with Crippen molar-refractivity contribution >= 4 is 24.0 Å². The van der Waals surface area contributed by atoms with E-state index in [9.17, 15) is 4.79 Å². The van der Waals surface area contributed by atoms with Crippen LogP contribution in [0.4, 0.5) is 0 Å². The number of benzene rings is 1. The molecule has 0 radical (unpaired) electrons. The van der Waals surface area contributed by atoms with Crippen molar-refractivity contribution in [2.75, 3.05) is 6.61 Å². The third-order valence-corrected chi connectivity index (χ3v) is 1.89. The van der Waals surface area contributed by atoms with E-state index < -0.39 is 0 Å². The molecule has 1 aromatic rings. The Balaban J connectivity index is 2.95. The molecule has 0 heterocycles. The third kappa shape index (κ3) is 2.68. The molecule has 0 aliphatic carbocycles. The van der Waals surface area contributed by atoms with E-state index >= 15 is 0 Å². The molecule has 1 rings (SSSR count). The molecule has 1 aromatic carbocycles. The number of aliphatic hydroxyl groups excluding tert-OH is 1. The predicted octanol–water partition coefficient (Wildman–Crippen LogP) is 2.16. The minimum absolute atomic E-state index is 0.00689. The van der Waals surface area contributed by atoms with E-state index in [0.29, 0.717) is 16.9 Å².